The summed E-state index contributed by atoms with van der Waals surface area (Å²) in [6, 6.07) is 3.50. The van der Waals surface area contributed by atoms with Crippen molar-refractivity contribution in [3.05, 3.63) is 23.5 Å². The van der Waals surface area contributed by atoms with Crippen molar-refractivity contribution in [3.63, 3.8) is 0 Å². The number of aromatic nitrogens is 5. The van der Waals surface area contributed by atoms with E-state index < -0.39 is 5.97 Å². The number of ether oxygens (including phenoxy) is 1. The molecule has 26 heavy (non-hydrogen) atoms. The number of carbonyl (C=O) groups is 1. The number of aryl methyl sites for hydroxylation is 1. The van der Waals surface area contributed by atoms with Gasteiger partial charge in [0.15, 0.2) is 0 Å². The minimum Gasteiger partial charge on any atom is -0.464 e. The lowest BCUT2D eigenvalue weighted by atomic mass is 9.83. The van der Waals surface area contributed by atoms with Gasteiger partial charge in [-0.25, -0.2) is 9.78 Å². The lowest BCUT2D eigenvalue weighted by molar-refractivity contribution is 0.0594. The van der Waals surface area contributed by atoms with Crippen molar-refractivity contribution in [2.24, 2.45) is 11.8 Å². The number of thioether (sulfide) groups is 1. The van der Waals surface area contributed by atoms with Gasteiger partial charge in [-0.1, -0.05) is 0 Å². The first-order chi connectivity index (χ1) is 12.6. The van der Waals surface area contributed by atoms with E-state index in [1.807, 2.05) is 24.8 Å². The number of nitrogens with zero attached hydrogens (tertiary/aromatic N) is 5. The second-order valence-electron chi connectivity index (χ2n) is 6.88. The molecule has 2 aromatic rings. The zero-order valence-corrected chi connectivity index (χ0v) is 16.3. The number of methoxy groups -OCH3 is 1. The topological polar surface area (TPSA) is 82.8 Å². The first-order valence-corrected chi connectivity index (χ1v) is 10.3. The van der Waals surface area contributed by atoms with Gasteiger partial charge in [0, 0.05) is 11.3 Å². The summed E-state index contributed by atoms with van der Waals surface area (Å²) in [7, 11) is 1.34. The second kappa shape index (κ2) is 8.62. The van der Waals surface area contributed by atoms with Gasteiger partial charge >= 0.3 is 5.97 Å². The molecule has 1 saturated carbocycles. The maximum atomic E-state index is 11.7. The van der Waals surface area contributed by atoms with Crippen molar-refractivity contribution >= 4 is 17.7 Å². The zero-order chi connectivity index (χ0) is 18.5. The summed E-state index contributed by atoms with van der Waals surface area (Å²) in [6.45, 7) is 2.63. The Hall–Kier alpha value is -1.96. The molecule has 0 unspecified atom stereocenters. The quantitative estimate of drug-likeness (QED) is 0.718. The normalized spacial score (nSPS) is 20.1. The van der Waals surface area contributed by atoms with Crippen LogP contribution in [0.4, 0.5) is 0 Å². The van der Waals surface area contributed by atoms with Crippen molar-refractivity contribution < 1.29 is 9.53 Å². The highest BCUT2D eigenvalue weighted by molar-refractivity contribution is 7.98. The molecule has 0 atom stereocenters. The molecule has 2 heterocycles. The van der Waals surface area contributed by atoms with Gasteiger partial charge in [-0.3, -0.25) is 0 Å². The molecule has 1 aliphatic carbocycles. The van der Waals surface area contributed by atoms with Crippen LogP contribution in [0.25, 0.3) is 11.4 Å². The second-order valence-corrected chi connectivity index (χ2v) is 7.79. The highest BCUT2D eigenvalue weighted by atomic mass is 32.2. The molecule has 0 amide bonds. The van der Waals surface area contributed by atoms with Gasteiger partial charge < -0.3 is 4.74 Å². The summed E-state index contributed by atoms with van der Waals surface area (Å²) in [5.74, 6) is 2.78. The lowest BCUT2D eigenvalue weighted by Gasteiger charge is -2.27. The van der Waals surface area contributed by atoms with Crippen LogP contribution in [-0.4, -0.2) is 50.3 Å². The molecule has 0 aliphatic heterocycles. The molecule has 1 aliphatic rings. The third kappa shape index (κ3) is 4.60. The molecule has 0 saturated heterocycles. The monoisotopic (exact) mass is 375 g/mol. The van der Waals surface area contributed by atoms with Crippen LogP contribution in [0.1, 0.15) is 41.9 Å². The van der Waals surface area contributed by atoms with Gasteiger partial charge in [-0.05, 0) is 73.8 Å². The zero-order valence-electron chi connectivity index (χ0n) is 15.5. The Balaban J connectivity index is 1.67. The van der Waals surface area contributed by atoms with Gasteiger partial charge in [-0.15, -0.1) is 10.2 Å². The molecular formula is C18H25N5O2S. The summed E-state index contributed by atoms with van der Waals surface area (Å²) < 4.78 is 4.75. The van der Waals surface area contributed by atoms with Gasteiger partial charge in [0.25, 0.3) is 0 Å². The number of hydrogen-bond donors (Lipinski definition) is 0. The van der Waals surface area contributed by atoms with E-state index in [4.69, 9.17) is 4.74 Å². The van der Waals surface area contributed by atoms with Crippen LogP contribution in [0.2, 0.25) is 0 Å². The molecular weight excluding hydrogens is 350 g/mol. The minimum absolute atomic E-state index is 0.256. The van der Waals surface area contributed by atoms with Gasteiger partial charge in [0.05, 0.1) is 13.7 Å². The third-order valence-corrected chi connectivity index (χ3v) is 5.65. The van der Waals surface area contributed by atoms with Crippen LogP contribution in [0.15, 0.2) is 12.1 Å². The largest absolute Gasteiger partial charge is 0.464 e. The van der Waals surface area contributed by atoms with Crippen LogP contribution in [0.5, 0.6) is 0 Å². The average Bonchev–Trinajstić information content (AvgIpc) is 3.11. The van der Waals surface area contributed by atoms with E-state index in [2.05, 4.69) is 26.7 Å². The van der Waals surface area contributed by atoms with Gasteiger partial charge in [0.2, 0.25) is 5.82 Å². The first-order valence-electron chi connectivity index (χ1n) is 8.93. The number of carbonyl (C=O) groups excluding carboxylic acids is 1. The van der Waals surface area contributed by atoms with Crippen LogP contribution in [-0.2, 0) is 11.3 Å². The molecule has 0 radical (unpaired) electrons. The van der Waals surface area contributed by atoms with E-state index >= 15 is 0 Å². The Bertz CT molecular complexity index is 756. The molecule has 3 rings (SSSR count). The molecule has 140 valence electrons. The molecule has 0 N–H and O–H groups in total. The number of tetrazole rings is 1. The Morgan fingerprint density at radius 2 is 2.00 bits per heavy atom. The van der Waals surface area contributed by atoms with Gasteiger partial charge in [-0.2, -0.15) is 16.6 Å². The van der Waals surface area contributed by atoms with E-state index in [0.29, 0.717) is 17.4 Å². The molecule has 0 aromatic carbocycles. The summed E-state index contributed by atoms with van der Waals surface area (Å²) in [4.78, 5) is 17.6. The fourth-order valence-corrected chi connectivity index (χ4v) is 4.30. The summed E-state index contributed by atoms with van der Waals surface area (Å²) in [5, 5.41) is 12.9. The standard InChI is InChI=1S/C18H25N5O2S/c1-12-8-15(9-16(19-12)18(24)25-2)17-20-22-23(21-17)10-13-4-6-14(7-5-13)11-26-3/h8-9,13-14H,4-7,10-11H2,1-3H3. The fourth-order valence-electron chi connectivity index (χ4n) is 3.49. The lowest BCUT2D eigenvalue weighted by Crippen LogP contribution is -2.21. The van der Waals surface area contributed by atoms with E-state index in [1.165, 1.54) is 38.5 Å². The van der Waals surface area contributed by atoms with E-state index in [9.17, 15) is 4.79 Å². The van der Waals surface area contributed by atoms with Crippen molar-refractivity contribution in [1.82, 2.24) is 25.2 Å². The molecule has 7 nitrogen and oxygen atoms in total. The molecule has 8 heteroatoms. The smallest absolute Gasteiger partial charge is 0.356 e. The Morgan fingerprint density at radius 1 is 1.27 bits per heavy atom. The Kier molecular flexibility index (Phi) is 6.24. The average molecular weight is 375 g/mol. The number of pyridine rings is 1. The fraction of sp³-hybridized carbons (Fsp3) is 0.611. The SMILES string of the molecule is COC(=O)c1cc(-c2nnn(CC3CCC(CSC)CC3)n2)cc(C)n1. The van der Waals surface area contributed by atoms with Crippen molar-refractivity contribution in [2.45, 2.75) is 39.2 Å². The van der Waals surface area contributed by atoms with E-state index in [0.717, 1.165) is 18.0 Å². The summed E-state index contributed by atoms with van der Waals surface area (Å²) in [6.07, 6.45) is 7.21. The summed E-state index contributed by atoms with van der Waals surface area (Å²) in [5.41, 5.74) is 1.70. The van der Waals surface area contributed by atoms with Gasteiger partial charge in [0.1, 0.15) is 5.69 Å². The third-order valence-electron chi connectivity index (χ3n) is 4.85. The Morgan fingerprint density at radius 3 is 2.69 bits per heavy atom. The highest BCUT2D eigenvalue weighted by Gasteiger charge is 2.22. The number of esters is 1. The van der Waals surface area contributed by atoms with Crippen molar-refractivity contribution in [3.8, 4) is 11.4 Å². The number of hydrogen-bond acceptors (Lipinski definition) is 7. The Labute approximate surface area is 157 Å². The summed E-state index contributed by atoms with van der Waals surface area (Å²) >= 11 is 1.94. The molecule has 0 spiro atoms. The number of rotatable bonds is 6. The van der Waals surface area contributed by atoms with Crippen molar-refractivity contribution in [1.29, 1.82) is 0 Å². The predicted octanol–water partition coefficient (Wildman–Crippen LogP) is 3.00. The van der Waals surface area contributed by atoms with Crippen LogP contribution in [0, 0.1) is 18.8 Å². The molecule has 0 bridgehead atoms. The highest BCUT2D eigenvalue weighted by Crippen LogP contribution is 2.31. The molecule has 1 fully saturated rings. The maximum absolute atomic E-state index is 11.7. The maximum Gasteiger partial charge on any atom is 0.356 e. The van der Waals surface area contributed by atoms with Crippen LogP contribution in [0.3, 0.4) is 0 Å². The first kappa shape index (κ1) is 18.8. The minimum atomic E-state index is -0.468. The van der Waals surface area contributed by atoms with E-state index in [-0.39, 0.29) is 5.69 Å². The van der Waals surface area contributed by atoms with Crippen LogP contribution >= 0.6 is 11.8 Å². The van der Waals surface area contributed by atoms with Crippen LogP contribution < -0.4 is 0 Å². The predicted molar refractivity (Wildman–Crippen MR) is 101 cm³/mol. The van der Waals surface area contributed by atoms with Crippen molar-refractivity contribution in [2.75, 3.05) is 19.1 Å². The molecule has 2 aromatic heterocycles. The van der Waals surface area contributed by atoms with E-state index in [1.54, 1.807) is 10.9 Å².